The number of hydrogen-bond acceptors (Lipinski definition) is 4. The van der Waals surface area contributed by atoms with E-state index in [1.807, 2.05) is 11.8 Å². The van der Waals surface area contributed by atoms with Gasteiger partial charge < -0.3 is 10.6 Å². The molecule has 0 atom stereocenters. The highest BCUT2D eigenvalue weighted by molar-refractivity contribution is 7.99. The molecule has 1 fully saturated rings. The van der Waals surface area contributed by atoms with Gasteiger partial charge in [-0.2, -0.15) is 11.8 Å². The fourth-order valence-corrected chi connectivity index (χ4v) is 5.06. The lowest BCUT2D eigenvalue weighted by molar-refractivity contribution is 0.543. The van der Waals surface area contributed by atoms with Crippen molar-refractivity contribution in [2.45, 2.75) is 38.8 Å². The third kappa shape index (κ3) is 3.40. The van der Waals surface area contributed by atoms with E-state index >= 15 is 0 Å². The summed E-state index contributed by atoms with van der Waals surface area (Å²) in [5.74, 6) is 3.46. The van der Waals surface area contributed by atoms with Crippen molar-refractivity contribution in [3.8, 4) is 0 Å². The number of aliphatic imine (C=N–C) groups is 1. The zero-order valence-corrected chi connectivity index (χ0v) is 15.7. The number of anilines is 1. The molecular formula is C21H25N3S. The molecule has 2 heterocycles. The molecule has 25 heavy (non-hydrogen) atoms. The maximum Gasteiger partial charge on any atom is 0.128 e. The second-order valence-corrected chi connectivity index (χ2v) is 8.37. The number of nitrogens with one attached hydrogen (secondary N) is 2. The van der Waals surface area contributed by atoms with Crippen LogP contribution in [0, 0.1) is 13.8 Å². The van der Waals surface area contributed by atoms with Gasteiger partial charge in [0.05, 0.1) is 16.9 Å². The Balaban J connectivity index is 1.63. The van der Waals surface area contributed by atoms with Gasteiger partial charge in [-0.25, -0.2) is 4.99 Å². The average Bonchev–Trinajstić information content (AvgIpc) is 2.60. The lowest BCUT2D eigenvalue weighted by Crippen LogP contribution is -2.55. The van der Waals surface area contributed by atoms with Crippen LogP contribution in [0.5, 0.6) is 0 Å². The third-order valence-corrected chi connectivity index (χ3v) is 6.04. The van der Waals surface area contributed by atoms with E-state index in [0.29, 0.717) is 0 Å². The van der Waals surface area contributed by atoms with Gasteiger partial charge >= 0.3 is 0 Å². The molecule has 4 heteroatoms. The zero-order valence-electron chi connectivity index (χ0n) is 14.9. The minimum atomic E-state index is -0.0432. The van der Waals surface area contributed by atoms with Crippen molar-refractivity contribution in [3.63, 3.8) is 0 Å². The van der Waals surface area contributed by atoms with Gasteiger partial charge in [0, 0.05) is 6.54 Å². The summed E-state index contributed by atoms with van der Waals surface area (Å²) in [4.78, 5) is 5.02. The van der Waals surface area contributed by atoms with Crippen LogP contribution in [0.15, 0.2) is 47.5 Å². The Morgan fingerprint density at radius 1 is 1.08 bits per heavy atom. The highest BCUT2D eigenvalue weighted by atomic mass is 32.2. The first kappa shape index (κ1) is 16.5. The minimum Gasteiger partial charge on any atom is -0.371 e. The molecule has 0 amide bonds. The first-order chi connectivity index (χ1) is 12.1. The summed E-state index contributed by atoms with van der Waals surface area (Å²) >= 11 is 2.04. The summed E-state index contributed by atoms with van der Waals surface area (Å²) in [5, 5.41) is 7.49. The summed E-state index contributed by atoms with van der Waals surface area (Å²) in [6, 6.07) is 15.1. The molecule has 2 aromatic carbocycles. The first-order valence-corrected chi connectivity index (χ1v) is 10.2. The summed E-state index contributed by atoms with van der Waals surface area (Å²) in [6.07, 6.45) is 2.23. The number of benzene rings is 2. The average molecular weight is 352 g/mol. The van der Waals surface area contributed by atoms with Gasteiger partial charge in [-0.3, -0.25) is 0 Å². The van der Waals surface area contributed by atoms with Gasteiger partial charge in [0.25, 0.3) is 0 Å². The van der Waals surface area contributed by atoms with Crippen LogP contribution in [0.25, 0.3) is 0 Å². The fraction of sp³-hybridized carbons (Fsp3) is 0.381. The monoisotopic (exact) mass is 351 g/mol. The number of rotatable bonds is 2. The van der Waals surface area contributed by atoms with Crippen LogP contribution in [-0.2, 0) is 6.54 Å². The number of para-hydroxylation sites is 2. The van der Waals surface area contributed by atoms with Gasteiger partial charge in [-0.15, -0.1) is 0 Å². The second kappa shape index (κ2) is 6.75. The topological polar surface area (TPSA) is 36.4 Å². The Bertz CT molecular complexity index is 786. The van der Waals surface area contributed by atoms with Crippen LogP contribution in [-0.4, -0.2) is 22.9 Å². The number of nitrogens with zero attached hydrogens (tertiary/aromatic N) is 1. The molecule has 0 saturated carbocycles. The number of amidine groups is 1. The van der Waals surface area contributed by atoms with Crippen LogP contribution in [0.4, 0.5) is 11.4 Å². The van der Waals surface area contributed by atoms with E-state index in [4.69, 9.17) is 4.99 Å². The van der Waals surface area contributed by atoms with Crippen LogP contribution >= 0.6 is 11.8 Å². The van der Waals surface area contributed by atoms with Crippen LogP contribution in [0.1, 0.15) is 29.5 Å². The Morgan fingerprint density at radius 2 is 1.80 bits per heavy atom. The molecule has 2 aliphatic heterocycles. The molecule has 0 radical (unpaired) electrons. The van der Waals surface area contributed by atoms with Crippen molar-refractivity contribution >= 4 is 29.0 Å². The standard InChI is InChI=1S/C21H25N3S/c1-15-11-16(2)13-17(12-15)14-22-20-21(7-9-25-10-8-21)24-19-6-4-3-5-18(19)23-20/h3-6,11-13,24H,7-10,14H2,1-2H3,(H,22,23). The largest absolute Gasteiger partial charge is 0.371 e. The molecule has 130 valence electrons. The number of thioether (sulfide) groups is 1. The number of aryl methyl sites for hydroxylation is 2. The molecule has 2 aliphatic rings. The quantitative estimate of drug-likeness (QED) is 0.815. The van der Waals surface area contributed by atoms with Gasteiger partial charge in [0.2, 0.25) is 0 Å². The van der Waals surface area contributed by atoms with E-state index in [1.54, 1.807) is 0 Å². The number of hydrogen-bond donors (Lipinski definition) is 2. The maximum atomic E-state index is 5.02. The first-order valence-electron chi connectivity index (χ1n) is 9.00. The summed E-state index contributed by atoms with van der Waals surface area (Å²) in [7, 11) is 0. The van der Waals surface area contributed by atoms with Crippen molar-refractivity contribution in [2.24, 2.45) is 4.99 Å². The van der Waals surface area contributed by atoms with E-state index in [0.717, 1.165) is 36.6 Å². The lowest BCUT2D eigenvalue weighted by Gasteiger charge is -2.42. The van der Waals surface area contributed by atoms with E-state index in [1.165, 1.54) is 28.2 Å². The highest BCUT2D eigenvalue weighted by Gasteiger charge is 2.40. The van der Waals surface area contributed by atoms with E-state index in [-0.39, 0.29) is 5.54 Å². The van der Waals surface area contributed by atoms with Crippen molar-refractivity contribution < 1.29 is 0 Å². The normalized spacial score (nSPS) is 18.2. The van der Waals surface area contributed by atoms with Crippen LogP contribution in [0.2, 0.25) is 0 Å². The fourth-order valence-electron chi connectivity index (χ4n) is 3.87. The van der Waals surface area contributed by atoms with E-state index < -0.39 is 0 Å². The SMILES string of the molecule is Cc1cc(C)cc(CNC2=Nc3ccccc3NC23CCSCC3)c1. The third-order valence-electron chi connectivity index (χ3n) is 5.05. The summed E-state index contributed by atoms with van der Waals surface area (Å²) in [5.41, 5.74) is 6.10. The highest BCUT2D eigenvalue weighted by Crippen LogP contribution is 2.39. The van der Waals surface area contributed by atoms with Gasteiger partial charge in [-0.05, 0) is 55.9 Å². The van der Waals surface area contributed by atoms with Gasteiger partial charge in [0.15, 0.2) is 0 Å². The molecule has 0 aliphatic carbocycles. The van der Waals surface area contributed by atoms with Gasteiger partial charge in [-0.1, -0.05) is 41.5 Å². The Morgan fingerprint density at radius 3 is 2.56 bits per heavy atom. The summed E-state index contributed by atoms with van der Waals surface area (Å²) < 4.78 is 0. The Hall–Kier alpha value is -1.94. The summed E-state index contributed by atoms with van der Waals surface area (Å²) in [6.45, 7) is 5.14. The molecule has 1 spiro atoms. The maximum absolute atomic E-state index is 5.02. The molecule has 2 N–H and O–H groups in total. The zero-order chi connectivity index (χ0) is 17.3. The Labute approximate surface area is 154 Å². The number of fused-ring (bicyclic) bond motifs is 1. The predicted molar refractivity (Wildman–Crippen MR) is 109 cm³/mol. The van der Waals surface area contributed by atoms with Crippen molar-refractivity contribution in [2.75, 3.05) is 16.8 Å². The van der Waals surface area contributed by atoms with E-state index in [9.17, 15) is 0 Å². The van der Waals surface area contributed by atoms with Crippen LogP contribution in [0.3, 0.4) is 0 Å². The van der Waals surface area contributed by atoms with Gasteiger partial charge in [0.1, 0.15) is 5.84 Å². The van der Waals surface area contributed by atoms with Crippen LogP contribution < -0.4 is 10.6 Å². The molecule has 4 rings (SSSR count). The molecule has 0 bridgehead atoms. The minimum absolute atomic E-state index is 0.0432. The predicted octanol–water partition coefficient (Wildman–Crippen LogP) is 4.81. The molecule has 3 nitrogen and oxygen atoms in total. The smallest absolute Gasteiger partial charge is 0.128 e. The molecular weight excluding hydrogens is 326 g/mol. The molecule has 2 aromatic rings. The molecule has 1 saturated heterocycles. The lowest BCUT2D eigenvalue weighted by atomic mass is 9.88. The molecule has 0 aromatic heterocycles. The van der Waals surface area contributed by atoms with Crippen molar-refractivity contribution in [3.05, 3.63) is 59.2 Å². The second-order valence-electron chi connectivity index (χ2n) is 7.15. The van der Waals surface area contributed by atoms with Crippen molar-refractivity contribution in [1.82, 2.24) is 5.32 Å². The molecule has 0 unspecified atom stereocenters. The van der Waals surface area contributed by atoms with Crippen molar-refractivity contribution in [1.29, 1.82) is 0 Å². The van der Waals surface area contributed by atoms with E-state index in [2.05, 4.69) is 66.9 Å². The Kier molecular flexibility index (Phi) is 4.46.